The number of amides is 1. The number of allylic oxidation sites excluding steroid dienone is 5. The number of aliphatic hydroxyl groups excluding tert-OH is 2. The molecule has 0 fully saturated rings. The van der Waals surface area contributed by atoms with Gasteiger partial charge in [-0.15, -0.1) is 0 Å². The lowest BCUT2D eigenvalue weighted by Gasteiger charge is -2.20. The van der Waals surface area contributed by atoms with Gasteiger partial charge in [-0.25, -0.2) is 0 Å². The van der Waals surface area contributed by atoms with Crippen molar-refractivity contribution < 1.29 is 24.5 Å². The van der Waals surface area contributed by atoms with Crippen molar-refractivity contribution in [2.75, 3.05) is 13.2 Å². The largest absolute Gasteiger partial charge is 0.466 e. The predicted molar refractivity (Wildman–Crippen MR) is 292 cm³/mol. The molecule has 0 radical (unpaired) electrons. The monoisotopic (exact) mass is 942 g/mol. The van der Waals surface area contributed by atoms with E-state index in [2.05, 4.69) is 43.5 Å². The van der Waals surface area contributed by atoms with Gasteiger partial charge in [0.2, 0.25) is 5.91 Å². The molecule has 0 saturated carbocycles. The number of aliphatic hydroxyl groups is 2. The van der Waals surface area contributed by atoms with E-state index >= 15 is 0 Å². The zero-order valence-corrected chi connectivity index (χ0v) is 44.9. The van der Waals surface area contributed by atoms with Gasteiger partial charge in [-0.2, -0.15) is 0 Å². The Labute approximate surface area is 417 Å². The molecule has 0 rings (SSSR count). The van der Waals surface area contributed by atoms with E-state index in [9.17, 15) is 19.8 Å². The van der Waals surface area contributed by atoms with Crippen LogP contribution in [0.1, 0.15) is 316 Å². The number of unbranched alkanes of at least 4 members (excludes halogenated alkanes) is 40. The lowest BCUT2D eigenvalue weighted by Crippen LogP contribution is -2.45. The average Bonchev–Trinajstić information content (AvgIpc) is 3.33. The summed E-state index contributed by atoms with van der Waals surface area (Å²) in [5, 5.41) is 22.9. The van der Waals surface area contributed by atoms with Crippen molar-refractivity contribution in [2.24, 2.45) is 0 Å². The molecule has 0 aromatic heterocycles. The van der Waals surface area contributed by atoms with Crippen LogP contribution < -0.4 is 5.32 Å². The van der Waals surface area contributed by atoms with E-state index in [0.717, 1.165) is 44.9 Å². The molecule has 0 aromatic carbocycles. The molecule has 0 aliphatic heterocycles. The Morgan fingerprint density at radius 3 is 1.13 bits per heavy atom. The number of hydrogen-bond acceptors (Lipinski definition) is 5. The third kappa shape index (κ3) is 53.3. The van der Waals surface area contributed by atoms with Crippen molar-refractivity contribution in [2.45, 2.75) is 328 Å². The molecular weight excluding hydrogens is 827 g/mol. The van der Waals surface area contributed by atoms with Crippen LogP contribution >= 0.6 is 0 Å². The maximum Gasteiger partial charge on any atom is 0.305 e. The summed E-state index contributed by atoms with van der Waals surface area (Å²) in [6.45, 7) is 4.88. The number of nitrogens with one attached hydrogen (secondary N) is 1. The molecule has 1 amide bonds. The Bertz CT molecular complexity index is 1090. The fourth-order valence-electron chi connectivity index (χ4n) is 9.08. The van der Waals surface area contributed by atoms with E-state index in [1.54, 1.807) is 6.08 Å². The van der Waals surface area contributed by atoms with E-state index in [-0.39, 0.29) is 18.5 Å². The lowest BCUT2D eigenvalue weighted by molar-refractivity contribution is -0.143. The smallest absolute Gasteiger partial charge is 0.305 e. The first kappa shape index (κ1) is 65.1. The summed E-state index contributed by atoms with van der Waals surface area (Å²) in [6.07, 6.45) is 70.5. The van der Waals surface area contributed by atoms with Crippen LogP contribution in [0.25, 0.3) is 0 Å². The minimum absolute atomic E-state index is 0.0117. The minimum atomic E-state index is -0.846. The van der Waals surface area contributed by atoms with Crippen molar-refractivity contribution in [3.8, 4) is 0 Å². The van der Waals surface area contributed by atoms with Gasteiger partial charge in [0.1, 0.15) is 0 Å². The van der Waals surface area contributed by atoms with Crippen molar-refractivity contribution in [1.82, 2.24) is 5.32 Å². The number of esters is 1. The van der Waals surface area contributed by atoms with Crippen molar-refractivity contribution in [1.29, 1.82) is 0 Å². The van der Waals surface area contributed by atoms with Crippen molar-refractivity contribution in [3.63, 3.8) is 0 Å². The van der Waals surface area contributed by atoms with Gasteiger partial charge in [0.05, 0.1) is 25.4 Å². The minimum Gasteiger partial charge on any atom is -0.466 e. The maximum absolute atomic E-state index is 12.4. The summed E-state index contributed by atoms with van der Waals surface area (Å²) in [7, 11) is 0. The SMILES string of the molecule is CCCCCCCCC/C=C/C(O)C(CO)NC(=O)CCCCCCCCCCC/C=C\C/C=C\CCCCCCCCCCCOC(=O)CCCCCCCCCCCCCCCCCC. The first-order chi connectivity index (χ1) is 33.0. The van der Waals surface area contributed by atoms with E-state index in [1.807, 2.05) is 6.08 Å². The van der Waals surface area contributed by atoms with E-state index in [4.69, 9.17) is 4.74 Å². The third-order valence-electron chi connectivity index (χ3n) is 13.7. The van der Waals surface area contributed by atoms with Crippen molar-refractivity contribution >= 4 is 11.9 Å². The molecule has 3 N–H and O–H groups in total. The fraction of sp³-hybridized carbons (Fsp3) is 0.869. The summed E-state index contributed by atoms with van der Waals surface area (Å²) in [6, 6.07) is -0.630. The molecule has 0 heterocycles. The molecule has 6 heteroatoms. The van der Waals surface area contributed by atoms with Gasteiger partial charge in [0.25, 0.3) is 0 Å². The fourth-order valence-corrected chi connectivity index (χ4v) is 9.08. The maximum atomic E-state index is 12.4. The third-order valence-corrected chi connectivity index (χ3v) is 13.7. The normalized spacial score (nSPS) is 12.8. The van der Waals surface area contributed by atoms with Gasteiger partial charge < -0.3 is 20.3 Å². The Morgan fingerprint density at radius 2 is 0.746 bits per heavy atom. The average molecular weight is 943 g/mol. The van der Waals surface area contributed by atoms with Crippen LogP contribution in [-0.2, 0) is 14.3 Å². The van der Waals surface area contributed by atoms with Crippen LogP contribution in [0.15, 0.2) is 36.5 Å². The zero-order valence-electron chi connectivity index (χ0n) is 44.9. The summed E-state index contributed by atoms with van der Waals surface area (Å²) in [4.78, 5) is 24.4. The second-order valence-corrected chi connectivity index (χ2v) is 20.3. The van der Waals surface area contributed by atoms with Gasteiger partial charge in [0.15, 0.2) is 0 Å². The van der Waals surface area contributed by atoms with Gasteiger partial charge in [0, 0.05) is 12.8 Å². The number of carbonyl (C=O) groups is 2. The number of ether oxygens (including phenoxy) is 1. The molecule has 0 bridgehead atoms. The quantitative estimate of drug-likeness (QED) is 0.0321. The van der Waals surface area contributed by atoms with Crippen LogP contribution in [0.5, 0.6) is 0 Å². The summed E-state index contributed by atoms with van der Waals surface area (Å²) < 4.78 is 5.49. The standard InChI is InChI=1S/C61H115NO5/c1-3-5-7-9-11-13-14-15-16-29-32-35-39-43-47-51-55-61(66)67-56-52-48-44-40-36-33-30-27-25-23-21-19-17-18-20-22-24-26-28-31-34-38-42-46-50-54-60(65)62-58(57-63)59(64)53-49-45-41-37-12-10-8-6-4-2/h18-21,49,53,58-59,63-64H,3-17,22-48,50-52,54-57H2,1-2H3,(H,62,65)/b20-18-,21-19-,53-49+. The van der Waals surface area contributed by atoms with Crippen LogP contribution in [-0.4, -0.2) is 47.4 Å². The highest BCUT2D eigenvalue weighted by atomic mass is 16.5. The Balaban J connectivity index is 3.41. The Morgan fingerprint density at radius 1 is 0.418 bits per heavy atom. The second kappa shape index (κ2) is 56.7. The number of carbonyl (C=O) groups excluding carboxylic acids is 2. The topological polar surface area (TPSA) is 95.9 Å². The molecule has 2 unspecified atom stereocenters. The highest BCUT2D eigenvalue weighted by Gasteiger charge is 2.18. The molecule has 0 aliphatic carbocycles. The van der Waals surface area contributed by atoms with Crippen LogP contribution in [0, 0.1) is 0 Å². The van der Waals surface area contributed by atoms with E-state index < -0.39 is 12.1 Å². The molecule has 6 nitrogen and oxygen atoms in total. The van der Waals surface area contributed by atoms with Crippen LogP contribution in [0.2, 0.25) is 0 Å². The summed E-state index contributed by atoms with van der Waals surface area (Å²) in [5.74, 6) is -0.0651. The number of hydrogen-bond donors (Lipinski definition) is 3. The van der Waals surface area contributed by atoms with Gasteiger partial charge in [-0.1, -0.05) is 275 Å². The molecule has 0 aliphatic rings. The van der Waals surface area contributed by atoms with Crippen LogP contribution in [0.3, 0.4) is 0 Å². The van der Waals surface area contributed by atoms with Crippen LogP contribution in [0.4, 0.5) is 0 Å². The molecule has 2 atom stereocenters. The molecule has 0 spiro atoms. The number of rotatable bonds is 55. The highest BCUT2D eigenvalue weighted by Crippen LogP contribution is 2.16. The zero-order chi connectivity index (χ0) is 48.6. The summed E-state index contributed by atoms with van der Waals surface area (Å²) in [5.41, 5.74) is 0. The Hall–Kier alpha value is -1.92. The molecule has 67 heavy (non-hydrogen) atoms. The molecule has 394 valence electrons. The van der Waals surface area contributed by atoms with Gasteiger partial charge in [-0.3, -0.25) is 9.59 Å². The van der Waals surface area contributed by atoms with Gasteiger partial charge in [-0.05, 0) is 64.2 Å². The molecule has 0 aromatic rings. The van der Waals surface area contributed by atoms with Gasteiger partial charge >= 0.3 is 5.97 Å². The molecule has 0 saturated heterocycles. The second-order valence-electron chi connectivity index (χ2n) is 20.3. The highest BCUT2D eigenvalue weighted by molar-refractivity contribution is 5.76. The summed E-state index contributed by atoms with van der Waals surface area (Å²) >= 11 is 0. The Kier molecular flexibility index (Phi) is 55.0. The van der Waals surface area contributed by atoms with Crippen molar-refractivity contribution in [3.05, 3.63) is 36.5 Å². The predicted octanol–water partition coefficient (Wildman–Crippen LogP) is 18.4. The first-order valence-electron chi connectivity index (χ1n) is 29.8. The first-order valence-corrected chi connectivity index (χ1v) is 29.8. The van der Waals surface area contributed by atoms with E-state index in [1.165, 1.54) is 244 Å². The van der Waals surface area contributed by atoms with E-state index in [0.29, 0.717) is 19.4 Å². The lowest BCUT2D eigenvalue weighted by atomic mass is 10.0. The molecular formula is C61H115NO5.